The van der Waals surface area contributed by atoms with Crippen molar-refractivity contribution in [3.63, 3.8) is 0 Å². The fourth-order valence-corrected chi connectivity index (χ4v) is 2.53. The van der Waals surface area contributed by atoms with E-state index < -0.39 is 0 Å². The summed E-state index contributed by atoms with van der Waals surface area (Å²) in [6.07, 6.45) is -0.287. The van der Waals surface area contributed by atoms with Crippen LogP contribution in [-0.2, 0) is 0 Å². The Bertz CT molecular complexity index is 575. The van der Waals surface area contributed by atoms with E-state index in [4.69, 9.17) is 19.0 Å². The first kappa shape index (κ1) is 11.2. The second kappa shape index (κ2) is 4.06. The molecule has 0 saturated heterocycles. The van der Waals surface area contributed by atoms with E-state index in [0.29, 0.717) is 18.1 Å². The van der Waals surface area contributed by atoms with Crippen LogP contribution < -0.4 is 9.47 Å². The van der Waals surface area contributed by atoms with Gasteiger partial charge in [-0.2, -0.15) is 0 Å². The van der Waals surface area contributed by atoms with Crippen LogP contribution in [0.15, 0.2) is 16.5 Å². The lowest BCUT2D eigenvalue weighted by atomic mass is 10.1. The van der Waals surface area contributed by atoms with Gasteiger partial charge in [-0.05, 0) is 41.1 Å². The molecule has 0 saturated carbocycles. The summed E-state index contributed by atoms with van der Waals surface area (Å²) in [6, 6.07) is 3.82. The van der Waals surface area contributed by atoms with E-state index >= 15 is 0 Å². The van der Waals surface area contributed by atoms with E-state index in [1.54, 1.807) is 0 Å². The maximum absolute atomic E-state index is 9.08. The molecular weight excluding hydrogens is 335 g/mol. The third kappa shape index (κ3) is 1.77. The Kier molecular flexibility index (Phi) is 2.67. The molecule has 1 aromatic carbocycles. The molecule has 1 aliphatic heterocycles. The van der Waals surface area contributed by atoms with Crippen LogP contribution in [0.3, 0.4) is 0 Å². The summed E-state index contributed by atoms with van der Waals surface area (Å²) in [7, 11) is 0. The van der Waals surface area contributed by atoms with Crippen molar-refractivity contribution in [2.75, 3.05) is 13.2 Å². The Labute approximate surface area is 112 Å². The normalized spacial score (nSPS) is 18.6. The number of fused-ring (bicyclic) bond motifs is 3. The van der Waals surface area contributed by atoms with Gasteiger partial charge in [0.2, 0.25) is 0 Å². The van der Waals surface area contributed by atoms with Crippen LogP contribution in [0.4, 0.5) is 0 Å². The molecule has 2 heterocycles. The highest BCUT2D eigenvalue weighted by molar-refractivity contribution is 14.1. The van der Waals surface area contributed by atoms with Gasteiger partial charge in [0.25, 0.3) is 0 Å². The van der Waals surface area contributed by atoms with Gasteiger partial charge in [-0.15, -0.1) is 0 Å². The quantitative estimate of drug-likeness (QED) is 0.807. The minimum absolute atomic E-state index is 0.0422. The van der Waals surface area contributed by atoms with Crippen LogP contribution in [0, 0.1) is 10.7 Å². The average molecular weight is 346 g/mol. The SMILES string of the molecule is Cc1cc2c(c3cc(I)oc13)OC[C@H](CO)O2. The van der Waals surface area contributed by atoms with Crippen molar-refractivity contribution >= 4 is 33.6 Å². The number of rotatable bonds is 1. The highest BCUT2D eigenvalue weighted by Gasteiger charge is 2.24. The Morgan fingerprint density at radius 2 is 2.29 bits per heavy atom. The summed E-state index contributed by atoms with van der Waals surface area (Å²) in [6.45, 7) is 2.29. The van der Waals surface area contributed by atoms with Gasteiger partial charge in [0, 0.05) is 6.07 Å². The van der Waals surface area contributed by atoms with Crippen molar-refractivity contribution in [2.24, 2.45) is 0 Å². The first-order chi connectivity index (χ1) is 8.19. The number of aryl methyl sites for hydroxylation is 1. The summed E-state index contributed by atoms with van der Waals surface area (Å²) in [5, 5.41) is 10.0. The fraction of sp³-hybridized carbons (Fsp3) is 0.333. The van der Waals surface area contributed by atoms with E-state index in [-0.39, 0.29) is 12.7 Å². The largest absolute Gasteiger partial charge is 0.485 e. The molecule has 0 spiro atoms. The maximum atomic E-state index is 9.08. The third-order valence-corrected chi connectivity index (χ3v) is 3.32. The predicted octanol–water partition coefficient (Wildman–Crippen LogP) is 2.48. The van der Waals surface area contributed by atoms with Crippen LogP contribution in [0.5, 0.6) is 11.5 Å². The number of ether oxygens (including phenoxy) is 2. The summed E-state index contributed by atoms with van der Waals surface area (Å²) in [5.41, 5.74) is 1.84. The second-order valence-corrected chi connectivity index (χ2v) is 5.11. The van der Waals surface area contributed by atoms with Crippen LogP contribution in [0.1, 0.15) is 5.56 Å². The molecule has 4 nitrogen and oxygen atoms in total. The van der Waals surface area contributed by atoms with Crippen LogP contribution >= 0.6 is 22.6 Å². The molecule has 1 aromatic heterocycles. The first-order valence-corrected chi connectivity index (χ1v) is 6.40. The van der Waals surface area contributed by atoms with Gasteiger partial charge >= 0.3 is 0 Å². The van der Waals surface area contributed by atoms with E-state index in [9.17, 15) is 0 Å². The predicted molar refractivity (Wildman–Crippen MR) is 70.7 cm³/mol. The van der Waals surface area contributed by atoms with Gasteiger partial charge in [-0.1, -0.05) is 0 Å². The Morgan fingerprint density at radius 1 is 1.47 bits per heavy atom. The highest BCUT2D eigenvalue weighted by atomic mass is 127. The molecule has 90 valence electrons. The first-order valence-electron chi connectivity index (χ1n) is 5.32. The van der Waals surface area contributed by atoms with Crippen molar-refractivity contribution in [1.29, 1.82) is 0 Å². The van der Waals surface area contributed by atoms with Gasteiger partial charge in [-0.25, -0.2) is 0 Å². The summed E-state index contributed by atoms with van der Waals surface area (Å²) in [4.78, 5) is 0. The number of furan rings is 1. The monoisotopic (exact) mass is 346 g/mol. The van der Waals surface area contributed by atoms with Gasteiger partial charge in [0.15, 0.2) is 21.4 Å². The van der Waals surface area contributed by atoms with Crippen molar-refractivity contribution in [1.82, 2.24) is 0 Å². The van der Waals surface area contributed by atoms with E-state index in [2.05, 4.69) is 22.6 Å². The van der Waals surface area contributed by atoms with Gasteiger partial charge in [-0.3, -0.25) is 0 Å². The zero-order valence-electron chi connectivity index (χ0n) is 9.20. The maximum Gasteiger partial charge on any atom is 0.172 e. The van der Waals surface area contributed by atoms with E-state index in [1.807, 2.05) is 19.1 Å². The molecular formula is C12H11IO4. The number of aliphatic hydroxyl groups is 1. The topological polar surface area (TPSA) is 51.8 Å². The number of aliphatic hydroxyl groups excluding tert-OH is 1. The second-order valence-electron chi connectivity index (χ2n) is 4.05. The lowest BCUT2D eigenvalue weighted by molar-refractivity contribution is 0.0467. The molecule has 1 atom stereocenters. The molecule has 0 fully saturated rings. The number of hydrogen-bond acceptors (Lipinski definition) is 4. The van der Waals surface area contributed by atoms with Crippen molar-refractivity contribution in [3.05, 3.63) is 21.5 Å². The third-order valence-electron chi connectivity index (χ3n) is 2.79. The van der Waals surface area contributed by atoms with Crippen molar-refractivity contribution < 1.29 is 19.0 Å². The zero-order chi connectivity index (χ0) is 12.0. The minimum Gasteiger partial charge on any atom is -0.485 e. The molecule has 0 radical (unpaired) electrons. The van der Waals surface area contributed by atoms with Crippen LogP contribution in [0.2, 0.25) is 0 Å². The molecule has 5 heteroatoms. The standard InChI is InChI=1S/C12H11IO4/c1-6-2-9-12(15-5-7(4-14)16-9)8-3-10(13)17-11(6)8/h2-3,7,14H,4-5H2,1H3/t7-/m0/s1. The van der Waals surface area contributed by atoms with Crippen molar-refractivity contribution in [3.8, 4) is 11.5 Å². The Balaban J connectivity index is 2.20. The van der Waals surface area contributed by atoms with E-state index in [0.717, 1.165) is 20.3 Å². The Morgan fingerprint density at radius 3 is 3.06 bits per heavy atom. The molecule has 0 unspecified atom stereocenters. The molecule has 1 aliphatic rings. The minimum atomic E-state index is -0.287. The van der Waals surface area contributed by atoms with E-state index in [1.165, 1.54) is 0 Å². The zero-order valence-corrected chi connectivity index (χ0v) is 11.4. The van der Waals surface area contributed by atoms with Crippen molar-refractivity contribution in [2.45, 2.75) is 13.0 Å². The number of benzene rings is 1. The van der Waals surface area contributed by atoms with Crippen LogP contribution in [-0.4, -0.2) is 24.4 Å². The van der Waals surface area contributed by atoms with Crippen LogP contribution in [0.25, 0.3) is 11.0 Å². The molecule has 0 amide bonds. The molecule has 0 bridgehead atoms. The van der Waals surface area contributed by atoms with Gasteiger partial charge < -0.3 is 19.0 Å². The molecule has 0 aliphatic carbocycles. The molecule has 3 rings (SSSR count). The average Bonchev–Trinajstić information content (AvgIpc) is 2.71. The summed E-state index contributed by atoms with van der Waals surface area (Å²) >= 11 is 2.13. The smallest absolute Gasteiger partial charge is 0.172 e. The molecule has 2 aromatic rings. The number of hydrogen-bond donors (Lipinski definition) is 1. The van der Waals surface area contributed by atoms with Gasteiger partial charge in [0.05, 0.1) is 12.0 Å². The lowest BCUT2D eigenvalue weighted by Gasteiger charge is -2.25. The van der Waals surface area contributed by atoms with Gasteiger partial charge in [0.1, 0.15) is 12.2 Å². The molecule has 17 heavy (non-hydrogen) atoms. The lowest BCUT2D eigenvalue weighted by Crippen LogP contribution is -2.32. The summed E-state index contributed by atoms with van der Waals surface area (Å²) < 4.78 is 17.8. The molecule has 1 N–H and O–H groups in total. The highest BCUT2D eigenvalue weighted by Crippen LogP contribution is 2.42. The summed E-state index contributed by atoms with van der Waals surface area (Å²) in [5.74, 6) is 1.39. The fourth-order valence-electron chi connectivity index (χ4n) is 2.00. The Hall–Kier alpha value is -0.950. The number of halogens is 1.